The second-order valence-corrected chi connectivity index (χ2v) is 4.93. The summed E-state index contributed by atoms with van der Waals surface area (Å²) in [5.74, 6) is 1.02. The predicted molar refractivity (Wildman–Crippen MR) is 102 cm³/mol. The summed E-state index contributed by atoms with van der Waals surface area (Å²) in [7, 11) is 2.69. The van der Waals surface area contributed by atoms with Gasteiger partial charge < -0.3 is 10.5 Å². The van der Waals surface area contributed by atoms with Crippen molar-refractivity contribution in [2.45, 2.75) is 39.7 Å². The van der Waals surface area contributed by atoms with E-state index < -0.39 is 0 Å². The van der Waals surface area contributed by atoms with Gasteiger partial charge in [-0.05, 0) is 17.0 Å². The Balaban J connectivity index is 0.00000102. The van der Waals surface area contributed by atoms with E-state index in [1.54, 1.807) is 0 Å². The fourth-order valence-electron chi connectivity index (χ4n) is 2.32. The van der Waals surface area contributed by atoms with Gasteiger partial charge in [0, 0.05) is 17.5 Å². The van der Waals surface area contributed by atoms with Crippen LogP contribution in [0.15, 0.2) is 60.5 Å². The van der Waals surface area contributed by atoms with Crippen LogP contribution in [0.1, 0.15) is 39.2 Å². The number of hydrogen-bond donors (Lipinski definition) is 1. The summed E-state index contributed by atoms with van der Waals surface area (Å²) < 4.78 is 5.66. The minimum absolute atomic E-state index is 0.0663. The van der Waals surface area contributed by atoms with Gasteiger partial charge in [-0.1, -0.05) is 71.2 Å². The van der Waals surface area contributed by atoms with Crippen LogP contribution in [0.5, 0.6) is 5.75 Å². The highest BCUT2D eigenvalue weighted by molar-refractivity contribution is 7.23. The molecule has 1 aliphatic rings. The van der Waals surface area contributed by atoms with E-state index in [4.69, 9.17) is 10.5 Å². The molecule has 122 valence electrons. The van der Waals surface area contributed by atoms with Crippen LogP contribution < -0.4 is 10.5 Å². The van der Waals surface area contributed by atoms with Crippen molar-refractivity contribution in [1.82, 2.24) is 0 Å². The van der Waals surface area contributed by atoms with Crippen LogP contribution in [0.2, 0.25) is 0 Å². The van der Waals surface area contributed by atoms with Crippen molar-refractivity contribution in [3.63, 3.8) is 0 Å². The maximum atomic E-state index is 6.21. The van der Waals surface area contributed by atoms with Crippen LogP contribution in [-0.2, 0) is 0 Å². The number of rotatable bonds is 3. The lowest BCUT2D eigenvalue weighted by Crippen LogP contribution is -2.39. The van der Waals surface area contributed by atoms with Gasteiger partial charge in [-0.15, -0.1) is 9.24 Å². The van der Waals surface area contributed by atoms with E-state index in [1.807, 2.05) is 58.0 Å². The Morgan fingerprint density at radius 2 is 1.77 bits per heavy atom. The first-order valence-electron chi connectivity index (χ1n) is 7.90. The van der Waals surface area contributed by atoms with E-state index in [-0.39, 0.29) is 12.0 Å². The molecule has 3 unspecified atom stereocenters. The maximum Gasteiger partial charge on any atom is 0.123 e. The molecule has 1 aromatic carbocycles. The molecule has 0 spiro atoms. The Morgan fingerprint density at radius 1 is 1.18 bits per heavy atom. The zero-order valence-electron chi connectivity index (χ0n) is 14.3. The molecule has 0 saturated carbocycles. The lowest BCUT2D eigenvalue weighted by Gasteiger charge is -2.32. The van der Waals surface area contributed by atoms with Gasteiger partial charge in [-0.3, -0.25) is 0 Å². The van der Waals surface area contributed by atoms with E-state index in [0.717, 1.165) is 22.2 Å². The molecule has 0 aromatic heterocycles. The molecule has 1 heterocycles. The minimum atomic E-state index is -0.0663. The Labute approximate surface area is 138 Å². The molecule has 2 rings (SSSR count). The lowest BCUT2D eigenvalue weighted by molar-refractivity contribution is 0.250. The van der Waals surface area contributed by atoms with Gasteiger partial charge in [0.05, 0.1) is 0 Å². The second kappa shape index (κ2) is 11.2. The van der Waals surface area contributed by atoms with Crippen LogP contribution in [0.3, 0.4) is 0 Å². The lowest BCUT2D eigenvalue weighted by atomic mass is 9.83. The molecule has 2 nitrogen and oxygen atoms in total. The van der Waals surface area contributed by atoms with Crippen molar-refractivity contribution in [2.75, 3.05) is 6.61 Å². The molecule has 0 bridgehead atoms. The first-order valence-corrected chi connectivity index (χ1v) is 8.48. The van der Waals surface area contributed by atoms with Gasteiger partial charge in [0.1, 0.15) is 12.4 Å². The molecule has 0 amide bonds. The van der Waals surface area contributed by atoms with Crippen molar-refractivity contribution in [1.29, 1.82) is 0 Å². The Bertz CT molecular complexity index is 508. The molecule has 0 radical (unpaired) electrons. The number of para-hydroxylation sites is 1. The van der Waals surface area contributed by atoms with Crippen LogP contribution >= 0.6 is 9.24 Å². The molecule has 0 saturated heterocycles. The third-order valence-electron chi connectivity index (χ3n) is 3.22. The van der Waals surface area contributed by atoms with Gasteiger partial charge in [-0.2, -0.15) is 0 Å². The SMILES string of the molecule is C=C/C(P)=C(\C=C)C1c2ccccc2OCC1N.CC.CC. The summed E-state index contributed by atoms with van der Waals surface area (Å²) in [6, 6.07) is 7.95. The molecule has 2 N–H and O–H groups in total. The number of nitrogens with two attached hydrogens (primary N) is 1. The summed E-state index contributed by atoms with van der Waals surface area (Å²) in [4.78, 5) is 0. The number of ether oxygens (including phenoxy) is 1. The molecule has 0 fully saturated rings. The fraction of sp³-hybridized carbons (Fsp3) is 0.368. The van der Waals surface area contributed by atoms with Crippen molar-refractivity contribution in [3.05, 3.63) is 66.0 Å². The highest BCUT2D eigenvalue weighted by Crippen LogP contribution is 2.40. The summed E-state index contributed by atoms with van der Waals surface area (Å²) >= 11 is 0. The molecular formula is C19H30NOP. The van der Waals surface area contributed by atoms with Crippen molar-refractivity contribution < 1.29 is 4.74 Å². The van der Waals surface area contributed by atoms with Crippen molar-refractivity contribution in [3.8, 4) is 5.75 Å². The minimum Gasteiger partial charge on any atom is -0.492 e. The molecule has 1 aromatic rings. The summed E-state index contributed by atoms with van der Waals surface area (Å²) in [5, 5.41) is 1.03. The zero-order valence-corrected chi connectivity index (χ0v) is 15.5. The van der Waals surface area contributed by atoms with E-state index in [1.165, 1.54) is 0 Å². The molecule has 0 aliphatic carbocycles. The van der Waals surface area contributed by atoms with Crippen LogP contribution in [-0.4, -0.2) is 12.6 Å². The highest BCUT2D eigenvalue weighted by atomic mass is 31.0. The second-order valence-electron chi connectivity index (χ2n) is 4.31. The molecule has 1 aliphatic heterocycles. The zero-order chi connectivity index (χ0) is 17.1. The van der Waals surface area contributed by atoms with Crippen molar-refractivity contribution >= 4 is 9.24 Å². The summed E-state index contributed by atoms with van der Waals surface area (Å²) in [6.07, 6.45) is 3.67. The van der Waals surface area contributed by atoms with E-state index >= 15 is 0 Å². The standard InChI is InChI=1S/C15H18NOP.2C2H6/c1-3-10(14(18)4-2)15-11-7-5-6-8-13(11)17-9-12(15)16;2*1-2/h3-8,12,15H,1-2,9,16,18H2;2*1-2H3/b14-10-;;. The van der Waals surface area contributed by atoms with E-state index in [9.17, 15) is 0 Å². The summed E-state index contributed by atoms with van der Waals surface area (Å²) in [5.41, 5.74) is 8.43. The Morgan fingerprint density at radius 3 is 2.32 bits per heavy atom. The van der Waals surface area contributed by atoms with Gasteiger partial charge >= 0.3 is 0 Å². The topological polar surface area (TPSA) is 35.2 Å². The average Bonchev–Trinajstić information content (AvgIpc) is 2.60. The van der Waals surface area contributed by atoms with Crippen LogP contribution in [0.25, 0.3) is 0 Å². The number of benzene rings is 1. The summed E-state index contributed by atoms with van der Waals surface area (Å²) in [6.45, 7) is 16.2. The average molecular weight is 319 g/mol. The molecule has 22 heavy (non-hydrogen) atoms. The monoisotopic (exact) mass is 319 g/mol. The van der Waals surface area contributed by atoms with Gasteiger partial charge in [0.25, 0.3) is 0 Å². The molecule has 3 heteroatoms. The maximum absolute atomic E-state index is 6.21. The van der Waals surface area contributed by atoms with Gasteiger partial charge in [0.2, 0.25) is 0 Å². The highest BCUT2D eigenvalue weighted by Gasteiger charge is 2.30. The first kappa shape index (κ1) is 20.6. The van der Waals surface area contributed by atoms with E-state index in [0.29, 0.717) is 6.61 Å². The largest absolute Gasteiger partial charge is 0.492 e. The van der Waals surface area contributed by atoms with Gasteiger partial charge in [-0.25, -0.2) is 0 Å². The van der Waals surface area contributed by atoms with Crippen LogP contribution in [0, 0.1) is 0 Å². The smallest absolute Gasteiger partial charge is 0.123 e. The quantitative estimate of drug-likeness (QED) is 0.625. The predicted octanol–water partition coefficient (Wildman–Crippen LogP) is 5.04. The third kappa shape index (κ3) is 4.83. The van der Waals surface area contributed by atoms with Crippen molar-refractivity contribution in [2.24, 2.45) is 5.73 Å². The number of allylic oxidation sites excluding steroid dienone is 3. The molecular weight excluding hydrogens is 289 g/mol. The number of hydrogen-bond acceptors (Lipinski definition) is 2. The third-order valence-corrected chi connectivity index (χ3v) is 3.79. The Hall–Kier alpha value is -1.37. The fourth-order valence-corrected chi connectivity index (χ4v) is 2.62. The van der Waals surface area contributed by atoms with Gasteiger partial charge in [0.15, 0.2) is 0 Å². The normalized spacial score (nSPS) is 19.7. The molecule has 3 atom stereocenters. The number of fused-ring (bicyclic) bond motifs is 1. The first-order chi connectivity index (χ1) is 10.7. The Kier molecular flexibility index (Phi) is 10.5. The van der Waals surface area contributed by atoms with Crippen LogP contribution in [0.4, 0.5) is 0 Å². The van der Waals surface area contributed by atoms with E-state index in [2.05, 4.69) is 28.5 Å².